The summed E-state index contributed by atoms with van der Waals surface area (Å²) in [6, 6.07) is 6.44. The van der Waals surface area contributed by atoms with Crippen LogP contribution >= 0.6 is 11.6 Å². The lowest BCUT2D eigenvalue weighted by molar-refractivity contribution is -0.123. The SMILES string of the molecule is CC(=O)NC12CC3CC(C)(CC(C1)c1cc(Cl)ccc13)C2. The number of rotatable bonds is 1. The van der Waals surface area contributed by atoms with E-state index in [0.29, 0.717) is 17.3 Å². The van der Waals surface area contributed by atoms with Crippen molar-refractivity contribution < 1.29 is 4.79 Å². The van der Waals surface area contributed by atoms with Crippen molar-refractivity contribution in [1.82, 2.24) is 5.32 Å². The first-order chi connectivity index (χ1) is 9.88. The van der Waals surface area contributed by atoms with Gasteiger partial charge < -0.3 is 5.32 Å². The molecule has 3 heteroatoms. The number of carbonyl (C=O) groups excluding carboxylic acids is 1. The number of halogens is 1. The molecule has 2 nitrogen and oxygen atoms in total. The molecule has 1 amide bonds. The molecule has 1 N–H and O–H groups in total. The van der Waals surface area contributed by atoms with Gasteiger partial charge in [0.2, 0.25) is 5.91 Å². The van der Waals surface area contributed by atoms with Crippen LogP contribution in [-0.2, 0) is 4.79 Å². The van der Waals surface area contributed by atoms with Crippen LogP contribution in [0, 0.1) is 5.41 Å². The van der Waals surface area contributed by atoms with Crippen molar-refractivity contribution in [2.75, 3.05) is 0 Å². The zero-order valence-corrected chi connectivity index (χ0v) is 13.5. The number of nitrogens with one attached hydrogen (secondary N) is 1. The predicted octanol–water partition coefficient (Wildman–Crippen LogP) is 4.38. The maximum atomic E-state index is 11.7. The van der Waals surface area contributed by atoms with Crippen LogP contribution in [0.3, 0.4) is 0 Å². The Labute approximate surface area is 131 Å². The highest BCUT2D eigenvalue weighted by atomic mass is 35.5. The van der Waals surface area contributed by atoms with Gasteiger partial charge in [-0.25, -0.2) is 0 Å². The first-order valence-corrected chi connectivity index (χ1v) is 8.34. The van der Waals surface area contributed by atoms with Crippen molar-refractivity contribution in [2.45, 2.75) is 63.3 Å². The van der Waals surface area contributed by atoms with E-state index < -0.39 is 0 Å². The quantitative estimate of drug-likeness (QED) is 0.819. The zero-order valence-electron chi connectivity index (χ0n) is 12.7. The van der Waals surface area contributed by atoms with Crippen molar-refractivity contribution >= 4 is 17.5 Å². The topological polar surface area (TPSA) is 29.1 Å². The smallest absolute Gasteiger partial charge is 0.217 e. The molecule has 112 valence electrons. The lowest BCUT2D eigenvalue weighted by Gasteiger charge is -2.54. The van der Waals surface area contributed by atoms with Gasteiger partial charge in [-0.2, -0.15) is 0 Å². The molecule has 2 saturated carbocycles. The van der Waals surface area contributed by atoms with E-state index in [2.05, 4.69) is 24.4 Å². The summed E-state index contributed by atoms with van der Waals surface area (Å²) in [7, 11) is 0. The fourth-order valence-corrected chi connectivity index (χ4v) is 5.96. The van der Waals surface area contributed by atoms with Crippen molar-refractivity contribution in [3.05, 3.63) is 34.3 Å². The molecular weight excluding hydrogens is 282 g/mol. The summed E-state index contributed by atoms with van der Waals surface area (Å²) in [5, 5.41) is 4.17. The van der Waals surface area contributed by atoms with Gasteiger partial charge in [0.05, 0.1) is 0 Å². The number of benzene rings is 1. The highest BCUT2D eigenvalue weighted by Gasteiger charge is 2.55. The van der Waals surface area contributed by atoms with Crippen LogP contribution in [0.4, 0.5) is 0 Å². The minimum absolute atomic E-state index is 0.00207. The summed E-state index contributed by atoms with van der Waals surface area (Å²) < 4.78 is 0. The number of carbonyl (C=O) groups is 1. The van der Waals surface area contributed by atoms with E-state index in [-0.39, 0.29) is 11.4 Å². The van der Waals surface area contributed by atoms with Crippen LogP contribution in [0.2, 0.25) is 5.02 Å². The average molecular weight is 304 g/mol. The molecule has 4 unspecified atom stereocenters. The molecule has 4 aliphatic rings. The Morgan fingerprint density at radius 2 is 1.86 bits per heavy atom. The molecule has 4 atom stereocenters. The normalized spacial score (nSPS) is 39.8. The monoisotopic (exact) mass is 303 g/mol. The van der Waals surface area contributed by atoms with Crippen LogP contribution in [0.5, 0.6) is 0 Å². The van der Waals surface area contributed by atoms with Crippen LogP contribution in [0.25, 0.3) is 0 Å². The zero-order chi connectivity index (χ0) is 14.8. The highest BCUT2D eigenvalue weighted by molar-refractivity contribution is 6.30. The Bertz CT molecular complexity index is 628. The molecule has 0 heterocycles. The first kappa shape index (κ1) is 13.6. The maximum Gasteiger partial charge on any atom is 0.217 e. The summed E-state index contributed by atoms with van der Waals surface area (Å²) in [5.74, 6) is 1.22. The second kappa shape index (κ2) is 4.25. The molecule has 0 radical (unpaired) electrons. The molecule has 2 fully saturated rings. The van der Waals surface area contributed by atoms with E-state index in [1.165, 1.54) is 24.0 Å². The van der Waals surface area contributed by atoms with Gasteiger partial charge in [-0.05, 0) is 72.6 Å². The Morgan fingerprint density at radius 3 is 2.52 bits per heavy atom. The minimum atomic E-state index is -0.00207. The van der Waals surface area contributed by atoms with E-state index in [1.807, 2.05) is 6.07 Å². The van der Waals surface area contributed by atoms with Crippen molar-refractivity contribution in [1.29, 1.82) is 0 Å². The molecule has 21 heavy (non-hydrogen) atoms. The summed E-state index contributed by atoms with van der Waals surface area (Å²) in [5.41, 5.74) is 3.28. The third-order valence-corrected chi connectivity index (χ3v) is 6.12. The molecule has 0 saturated heterocycles. The van der Waals surface area contributed by atoms with Crippen LogP contribution in [0.15, 0.2) is 18.2 Å². The summed E-state index contributed by atoms with van der Waals surface area (Å²) in [6.45, 7) is 4.07. The van der Waals surface area contributed by atoms with Gasteiger partial charge in [-0.3, -0.25) is 4.79 Å². The number of amides is 1. The molecule has 0 spiro atoms. The van der Waals surface area contributed by atoms with Crippen LogP contribution in [0.1, 0.15) is 68.9 Å². The minimum Gasteiger partial charge on any atom is -0.351 e. The summed E-state index contributed by atoms with van der Waals surface area (Å²) >= 11 is 6.25. The molecular formula is C18H22ClNO. The highest BCUT2D eigenvalue weighted by Crippen LogP contribution is 2.62. The Kier molecular flexibility index (Phi) is 2.76. The molecule has 0 aromatic heterocycles. The third kappa shape index (κ3) is 2.11. The molecule has 1 aromatic rings. The van der Waals surface area contributed by atoms with Crippen LogP contribution < -0.4 is 5.32 Å². The average Bonchev–Trinajstić information content (AvgIpc) is 2.47. The Hall–Kier alpha value is -1.02. The molecule has 0 aliphatic heterocycles. The van der Waals surface area contributed by atoms with E-state index in [0.717, 1.165) is 24.3 Å². The van der Waals surface area contributed by atoms with Gasteiger partial charge >= 0.3 is 0 Å². The Morgan fingerprint density at radius 1 is 1.19 bits per heavy atom. The maximum absolute atomic E-state index is 11.7. The lowest BCUT2D eigenvalue weighted by atomic mass is 9.55. The second-order valence-electron chi connectivity index (χ2n) is 7.93. The van der Waals surface area contributed by atoms with E-state index >= 15 is 0 Å². The van der Waals surface area contributed by atoms with Crippen LogP contribution in [-0.4, -0.2) is 11.4 Å². The number of hydrogen-bond donors (Lipinski definition) is 1. The van der Waals surface area contributed by atoms with Crippen molar-refractivity contribution in [3.63, 3.8) is 0 Å². The van der Waals surface area contributed by atoms with Crippen molar-refractivity contribution in [3.8, 4) is 0 Å². The predicted molar refractivity (Wildman–Crippen MR) is 84.7 cm³/mol. The lowest BCUT2D eigenvalue weighted by Crippen LogP contribution is -2.57. The van der Waals surface area contributed by atoms with Gasteiger partial charge in [0, 0.05) is 17.5 Å². The number of hydrogen-bond acceptors (Lipinski definition) is 1. The van der Waals surface area contributed by atoms with E-state index in [4.69, 9.17) is 11.6 Å². The molecule has 4 aliphatic carbocycles. The second-order valence-corrected chi connectivity index (χ2v) is 8.37. The summed E-state index contributed by atoms with van der Waals surface area (Å²) in [6.07, 6.45) is 5.78. The summed E-state index contributed by atoms with van der Waals surface area (Å²) in [4.78, 5) is 11.7. The van der Waals surface area contributed by atoms with Gasteiger partial charge in [0.15, 0.2) is 0 Å². The first-order valence-electron chi connectivity index (χ1n) is 7.96. The van der Waals surface area contributed by atoms with Gasteiger partial charge in [-0.15, -0.1) is 0 Å². The third-order valence-electron chi connectivity index (χ3n) is 5.89. The largest absolute Gasteiger partial charge is 0.351 e. The van der Waals surface area contributed by atoms with Crippen molar-refractivity contribution in [2.24, 2.45) is 5.41 Å². The van der Waals surface area contributed by atoms with Gasteiger partial charge in [-0.1, -0.05) is 24.6 Å². The molecule has 1 aromatic carbocycles. The van der Waals surface area contributed by atoms with Gasteiger partial charge in [0.25, 0.3) is 0 Å². The standard InChI is InChI=1S/C18H22ClNO/c1-11(21)20-18-8-12-6-17(2,10-18)7-13(9-18)16-5-14(19)3-4-15(12)16/h3-5,12-13H,6-10H2,1-2H3,(H,20,21). The molecule has 5 rings (SSSR count). The van der Waals surface area contributed by atoms with E-state index in [9.17, 15) is 4.79 Å². The Balaban J connectivity index is 1.84. The molecule has 4 bridgehead atoms. The van der Waals surface area contributed by atoms with Gasteiger partial charge in [0.1, 0.15) is 0 Å². The fourth-order valence-electron chi connectivity index (χ4n) is 5.78. The van der Waals surface area contributed by atoms with E-state index in [1.54, 1.807) is 6.92 Å². The fraction of sp³-hybridized carbons (Fsp3) is 0.611.